The third-order valence-electron chi connectivity index (χ3n) is 4.71. The molecule has 4 aromatic rings. The molecular formula is C23H19BFN4O3. The molecule has 3 aromatic heterocycles. The molecule has 0 saturated carbocycles. The molecule has 4 rings (SSSR count). The number of benzene rings is 1. The number of anilines is 2. The lowest BCUT2D eigenvalue weighted by Crippen LogP contribution is -2.24. The Hall–Kier alpha value is -3.98. The first-order valence-electron chi connectivity index (χ1n) is 9.83. The van der Waals surface area contributed by atoms with Crippen molar-refractivity contribution in [1.82, 2.24) is 9.97 Å². The van der Waals surface area contributed by atoms with Crippen LogP contribution in [0.3, 0.4) is 0 Å². The number of furan rings is 1. The zero-order valence-corrected chi connectivity index (χ0v) is 17.0. The summed E-state index contributed by atoms with van der Waals surface area (Å²) >= 11 is 0. The quantitative estimate of drug-likeness (QED) is 0.419. The topological polar surface area (TPSA) is 91.5 Å². The highest BCUT2D eigenvalue weighted by atomic mass is 19.1. The van der Waals surface area contributed by atoms with Crippen molar-refractivity contribution in [3.8, 4) is 0 Å². The monoisotopic (exact) mass is 429 g/mol. The molecule has 0 atom stereocenters. The molecule has 1 amide bonds. The Morgan fingerprint density at radius 3 is 2.50 bits per heavy atom. The summed E-state index contributed by atoms with van der Waals surface area (Å²) in [6.45, 7) is 0.900. The van der Waals surface area contributed by atoms with Crippen LogP contribution in [-0.4, -0.2) is 28.4 Å². The second kappa shape index (κ2) is 9.89. The van der Waals surface area contributed by atoms with Crippen LogP contribution in [0.25, 0.3) is 0 Å². The molecule has 7 nitrogen and oxygen atoms in total. The van der Waals surface area contributed by atoms with E-state index in [2.05, 4.69) is 15.3 Å². The van der Waals surface area contributed by atoms with Crippen LogP contribution in [-0.2, 0) is 13.1 Å². The highest BCUT2D eigenvalue weighted by molar-refractivity contribution is 6.45. The molecule has 0 aliphatic rings. The fourth-order valence-corrected chi connectivity index (χ4v) is 3.05. The molecule has 3 heterocycles. The molecular weight excluding hydrogens is 410 g/mol. The van der Waals surface area contributed by atoms with Gasteiger partial charge in [-0.05, 0) is 60.1 Å². The lowest BCUT2D eigenvalue weighted by Gasteiger charge is -2.22. The first kappa shape index (κ1) is 21.3. The highest BCUT2D eigenvalue weighted by Crippen LogP contribution is 2.19. The summed E-state index contributed by atoms with van der Waals surface area (Å²) in [5.74, 6) is 0.680. The third-order valence-corrected chi connectivity index (χ3v) is 4.71. The van der Waals surface area contributed by atoms with Gasteiger partial charge in [-0.3, -0.25) is 9.78 Å². The Morgan fingerprint density at radius 1 is 1.03 bits per heavy atom. The molecule has 0 bridgehead atoms. The summed E-state index contributed by atoms with van der Waals surface area (Å²) in [5, 5.41) is 11.8. The van der Waals surface area contributed by atoms with Gasteiger partial charge >= 0.3 is 7.48 Å². The van der Waals surface area contributed by atoms with E-state index in [1.807, 2.05) is 23.1 Å². The van der Waals surface area contributed by atoms with Crippen molar-refractivity contribution in [2.75, 3.05) is 10.2 Å². The molecule has 0 saturated heterocycles. The predicted molar refractivity (Wildman–Crippen MR) is 119 cm³/mol. The van der Waals surface area contributed by atoms with E-state index in [1.54, 1.807) is 30.7 Å². The van der Waals surface area contributed by atoms with Crippen molar-refractivity contribution < 1.29 is 18.6 Å². The summed E-state index contributed by atoms with van der Waals surface area (Å²) in [6, 6.07) is 16.2. The van der Waals surface area contributed by atoms with E-state index in [1.165, 1.54) is 30.5 Å². The smallest absolute Gasteiger partial charge is 0.328 e. The van der Waals surface area contributed by atoms with Crippen molar-refractivity contribution in [2.45, 2.75) is 13.1 Å². The molecule has 2 N–H and O–H groups in total. The van der Waals surface area contributed by atoms with Gasteiger partial charge in [0.15, 0.2) is 0 Å². The fourth-order valence-electron chi connectivity index (χ4n) is 3.05. The first-order valence-corrected chi connectivity index (χ1v) is 9.83. The van der Waals surface area contributed by atoms with Crippen molar-refractivity contribution in [3.63, 3.8) is 0 Å². The van der Waals surface area contributed by atoms with Crippen LogP contribution in [0.1, 0.15) is 21.8 Å². The number of aromatic nitrogens is 2. The Morgan fingerprint density at radius 2 is 1.88 bits per heavy atom. The van der Waals surface area contributed by atoms with Crippen molar-refractivity contribution in [1.29, 1.82) is 0 Å². The number of nitrogens with zero attached hydrogens (tertiary/aromatic N) is 3. The summed E-state index contributed by atoms with van der Waals surface area (Å²) in [4.78, 5) is 23.3. The number of hydrogen-bond donors (Lipinski definition) is 2. The van der Waals surface area contributed by atoms with Gasteiger partial charge in [-0.2, -0.15) is 0 Å². The molecule has 9 heteroatoms. The van der Waals surface area contributed by atoms with E-state index >= 15 is 0 Å². The largest absolute Gasteiger partial charge is 0.467 e. The van der Waals surface area contributed by atoms with Gasteiger partial charge < -0.3 is 19.7 Å². The normalized spacial score (nSPS) is 10.6. The van der Waals surface area contributed by atoms with E-state index < -0.39 is 0 Å². The molecule has 1 aromatic carbocycles. The standard InChI is InChI=1S/C23H19BFN4O3/c25-18-5-8-19(9-6-18)28-23(30)16-3-10-22(27-12-16)29(15-21-2-1-11-32-21)14-20-7-4-17(24-31)13-26-20/h1-13,31H,14-15H2,(H,28,30). The number of pyridine rings is 2. The SMILES string of the molecule is O=C(Nc1ccc(F)cc1)c1ccc(N(Cc2ccc([B]O)cn2)Cc2ccco2)nc1. The Kier molecular flexibility index (Phi) is 6.57. The molecule has 0 aliphatic carbocycles. The Balaban J connectivity index is 1.51. The van der Waals surface area contributed by atoms with E-state index in [4.69, 9.17) is 9.44 Å². The molecule has 1 radical (unpaired) electrons. The fraction of sp³-hybridized carbons (Fsp3) is 0.0870. The van der Waals surface area contributed by atoms with Crippen LogP contribution in [0.5, 0.6) is 0 Å². The van der Waals surface area contributed by atoms with Crippen molar-refractivity contribution in [2.24, 2.45) is 0 Å². The first-order chi connectivity index (χ1) is 15.6. The van der Waals surface area contributed by atoms with Gasteiger partial charge in [0.1, 0.15) is 17.4 Å². The van der Waals surface area contributed by atoms with Gasteiger partial charge in [-0.15, -0.1) is 0 Å². The molecule has 0 fully saturated rings. The van der Waals surface area contributed by atoms with Crippen molar-refractivity contribution >= 4 is 30.4 Å². The maximum Gasteiger partial charge on any atom is 0.328 e. The number of hydrogen-bond acceptors (Lipinski definition) is 6. The van der Waals surface area contributed by atoms with E-state index in [-0.39, 0.29) is 11.7 Å². The molecule has 32 heavy (non-hydrogen) atoms. The number of amides is 1. The predicted octanol–water partition coefficient (Wildman–Crippen LogP) is 2.90. The van der Waals surface area contributed by atoms with Crippen LogP contribution in [0.15, 0.2) is 83.7 Å². The summed E-state index contributed by atoms with van der Waals surface area (Å²) in [6.07, 6.45) is 4.67. The summed E-state index contributed by atoms with van der Waals surface area (Å²) in [7, 11) is 0.995. The lowest BCUT2D eigenvalue weighted by atomic mass is 9.91. The average molecular weight is 429 g/mol. The van der Waals surface area contributed by atoms with Gasteiger partial charge in [0.25, 0.3) is 5.91 Å². The van der Waals surface area contributed by atoms with Gasteiger partial charge in [-0.1, -0.05) is 6.07 Å². The summed E-state index contributed by atoms with van der Waals surface area (Å²) < 4.78 is 18.5. The minimum Gasteiger partial charge on any atom is -0.467 e. The maximum atomic E-state index is 13.0. The zero-order chi connectivity index (χ0) is 22.3. The number of halogens is 1. The lowest BCUT2D eigenvalue weighted by molar-refractivity contribution is 0.102. The minimum atomic E-state index is -0.371. The highest BCUT2D eigenvalue weighted by Gasteiger charge is 2.14. The van der Waals surface area contributed by atoms with E-state index in [9.17, 15) is 9.18 Å². The van der Waals surface area contributed by atoms with Crippen molar-refractivity contribution in [3.05, 3.63) is 102 Å². The number of carbonyl (C=O) groups is 1. The second-order valence-corrected chi connectivity index (χ2v) is 7.01. The minimum absolute atomic E-state index is 0.342. The molecule has 159 valence electrons. The zero-order valence-electron chi connectivity index (χ0n) is 17.0. The van der Waals surface area contributed by atoms with Gasteiger partial charge in [0, 0.05) is 18.1 Å². The van der Waals surface area contributed by atoms with Crippen LogP contribution in [0.4, 0.5) is 15.9 Å². The number of nitrogens with one attached hydrogen (secondary N) is 1. The van der Waals surface area contributed by atoms with E-state index in [0.717, 1.165) is 18.9 Å². The van der Waals surface area contributed by atoms with Crippen LogP contribution < -0.4 is 15.7 Å². The Labute approximate surface area is 184 Å². The van der Waals surface area contributed by atoms with Crippen LogP contribution in [0.2, 0.25) is 0 Å². The molecule has 0 spiro atoms. The summed E-state index contributed by atoms with van der Waals surface area (Å²) in [5.41, 5.74) is 2.26. The number of carbonyl (C=O) groups excluding carboxylic acids is 1. The second-order valence-electron chi connectivity index (χ2n) is 7.01. The number of rotatable bonds is 8. The van der Waals surface area contributed by atoms with Crippen LogP contribution in [0, 0.1) is 5.82 Å². The third kappa shape index (κ3) is 5.38. The van der Waals surface area contributed by atoms with Gasteiger partial charge in [-0.25, -0.2) is 9.37 Å². The Bertz CT molecular complexity index is 1150. The van der Waals surface area contributed by atoms with Crippen LogP contribution >= 0.6 is 0 Å². The molecule has 0 unspecified atom stereocenters. The average Bonchev–Trinajstić information content (AvgIpc) is 3.34. The van der Waals surface area contributed by atoms with Gasteiger partial charge in [0.05, 0.1) is 30.6 Å². The maximum absolute atomic E-state index is 13.0. The van der Waals surface area contributed by atoms with Gasteiger partial charge in [0.2, 0.25) is 0 Å². The molecule has 0 aliphatic heterocycles. The van der Waals surface area contributed by atoms with E-state index in [0.29, 0.717) is 35.6 Å².